The van der Waals surface area contributed by atoms with E-state index < -0.39 is 5.97 Å². The molecule has 0 spiro atoms. The summed E-state index contributed by atoms with van der Waals surface area (Å²) in [5, 5.41) is 9.21. The number of hydrogen-bond donors (Lipinski definition) is 1. The molecule has 0 saturated heterocycles. The van der Waals surface area contributed by atoms with Gasteiger partial charge in [-0.3, -0.25) is 4.79 Å². The SMILES string of the molecule is CCc1sc(CC(=O)O)nc1C. The average molecular weight is 185 g/mol. The molecule has 12 heavy (non-hydrogen) atoms. The highest BCUT2D eigenvalue weighted by molar-refractivity contribution is 7.11. The van der Waals surface area contributed by atoms with Crippen LogP contribution in [0.3, 0.4) is 0 Å². The molecule has 1 rings (SSSR count). The summed E-state index contributed by atoms with van der Waals surface area (Å²) in [5.41, 5.74) is 0.971. The van der Waals surface area contributed by atoms with Crippen molar-refractivity contribution < 1.29 is 9.90 Å². The van der Waals surface area contributed by atoms with Crippen LogP contribution in [0.25, 0.3) is 0 Å². The van der Waals surface area contributed by atoms with E-state index in [0.717, 1.165) is 12.1 Å². The van der Waals surface area contributed by atoms with E-state index in [1.54, 1.807) is 0 Å². The molecule has 1 aromatic rings. The van der Waals surface area contributed by atoms with Crippen molar-refractivity contribution >= 4 is 17.3 Å². The Morgan fingerprint density at radius 2 is 2.33 bits per heavy atom. The molecule has 0 saturated carbocycles. The van der Waals surface area contributed by atoms with Crippen LogP contribution in [0.5, 0.6) is 0 Å². The second-order valence-corrected chi connectivity index (χ2v) is 3.71. The Kier molecular flexibility index (Phi) is 2.81. The molecular formula is C8H11NO2S. The standard InChI is InChI=1S/C8H11NO2S/c1-3-6-5(2)9-7(12-6)4-8(10)11/h3-4H2,1-2H3,(H,10,11). The van der Waals surface area contributed by atoms with Gasteiger partial charge in [0, 0.05) is 4.88 Å². The lowest BCUT2D eigenvalue weighted by molar-refractivity contribution is -0.136. The highest BCUT2D eigenvalue weighted by Gasteiger charge is 2.08. The first-order valence-corrected chi connectivity index (χ1v) is 4.62. The fourth-order valence-electron chi connectivity index (χ4n) is 1.02. The molecular weight excluding hydrogens is 174 g/mol. The monoisotopic (exact) mass is 185 g/mol. The predicted octanol–water partition coefficient (Wildman–Crippen LogP) is 1.64. The first-order chi connectivity index (χ1) is 5.63. The van der Waals surface area contributed by atoms with Gasteiger partial charge in [0.1, 0.15) is 5.01 Å². The van der Waals surface area contributed by atoms with Crippen LogP contribution in [-0.2, 0) is 17.6 Å². The smallest absolute Gasteiger partial charge is 0.310 e. The van der Waals surface area contributed by atoms with Crippen LogP contribution >= 0.6 is 11.3 Å². The van der Waals surface area contributed by atoms with Crippen LogP contribution in [0.2, 0.25) is 0 Å². The van der Waals surface area contributed by atoms with Gasteiger partial charge in [0.15, 0.2) is 0 Å². The molecule has 0 aliphatic carbocycles. The minimum atomic E-state index is -0.814. The van der Waals surface area contributed by atoms with Gasteiger partial charge in [-0.25, -0.2) is 4.98 Å². The fourth-order valence-corrected chi connectivity index (χ4v) is 2.02. The molecule has 1 aromatic heterocycles. The topological polar surface area (TPSA) is 50.2 Å². The molecule has 0 bridgehead atoms. The number of aliphatic carboxylic acids is 1. The third-order valence-corrected chi connectivity index (χ3v) is 2.86. The van der Waals surface area contributed by atoms with Crippen LogP contribution in [-0.4, -0.2) is 16.1 Å². The van der Waals surface area contributed by atoms with Gasteiger partial charge in [0.25, 0.3) is 0 Å². The van der Waals surface area contributed by atoms with Gasteiger partial charge in [0.05, 0.1) is 12.1 Å². The molecule has 1 N–H and O–H groups in total. The summed E-state index contributed by atoms with van der Waals surface area (Å²) < 4.78 is 0. The lowest BCUT2D eigenvalue weighted by Crippen LogP contribution is -1.98. The van der Waals surface area contributed by atoms with Crippen molar-refractivity contribution in [1.82, 2.24) is 4.98 Å². The first-order valence-electron chi connectivity index (χ1n) is 3.80. The quantitative estimate of drug-likeness (QED) is 0.778. The molecule has 0 radical (unpaired) electrons. The Morgan fingerprint density at radius 3 is 2.75 bits per heavy atom. The first kappa shape index (κ1) is 9.19. The molecule has 1 heterocycles. The Labute approximate surface area is 75.1 Å². The van der Waals surface area contributed by atoms with Crippen molar-refractivity contribution in [1.29, 1.82) is 0 Å². The van der Waals surface area contributed by atoms with Gasteiger partial charge in [-0.2, -0.15) is 0 Å². The summed E-state index contributed by atoms with van der Waals surface area (Å²) in [7, 11) is 0. The second-order valence-electron chi connectivity index (χ2n) is 2.54. The number of nitrogens with zero attached hydrogens (tertiary/aromatic N) is 1. The van der Waals surface area contributed by atoms with Crippen LogP contribution in [0.15, 0.2) is 0 Å². The van der Waals surface area contributed by atoms with E-state index in [2.05, 4.69) is 4.98 Å². The Bertz CT molecular complexity index is 293. The van der Waals surface area contributed by atoms with E-state index >= 15 is 0 Å². The van der Waals surface area contributed by atoms with Crippen LogP contribution in [0, 0.1) is 6.92 Å². The zero-order valence-corrected chi connectivity index (χ0v) is 7.94. The fraction of sp³-hybridized carbons (Fsp3) is 0.500. The third kappa shape index (κ3) is 2.04. The molecule has 0 aliphatic rings. The van der Waals surface area contributed by atoms with E-state index in [4.69, 9.17) is 5.11 Å². The van der Waals surface area contributed by atoms with Gasteiger partial charge < -0.3 is 5.11 Å². The molecule has 3 nitrogen and oxygen atoms in total. The molecule has 0 aromatic carbocycles. The number of carboxylic acid groups (broad SMARTS) is 1. The molecule has 0 fully saturated rings. The van der Waals surface area contributed by atoms with E-state index in [9.17, 15) is 4.79 Å². The maximum Gasteiger partial charge on any atom is 0.310 e. The highest BCUT2D eigenvalue weighted by Crippen LogP contribution is 2.18. The van der Waals surface area contributed by atoms with Crippen molar-refractivity contribution in [2.24, 2.45) is 0 Å². The van der Waals surface area contributed by atoms with Crippen LogP contribution in [0.4, 0.5) is 0 Å². The molecule has 0 aliphatic heterocycles. The minimum Gasteiger partial charge on any atom is -0.481 e. The van der Waals surface area contributed by atoms with E-state index in [1.165, 1.54) is 16.2 Å². The van der Waals surface area contributed by atoms with Gasteiger partial charge >= 0.3 is 5.97 Å². The normalized spacial score (nSPS) is 10.2. The van der Waals surface area contributed by atoms with Crippen LogP contribution in [0.1, 0.15) is 22.5 Å². The average Bonchev–Trinajstić information content (AvgIpc) is 2.29. The van der Waals surface area contributed by atoms with Crippen molar-refractivity contribution in [3.8, 4) is 0 Å². The molecule has 0 unspecified atom stereocenters. The largest absolute Gasteiger partial charge is 0.481 e. The number of carboxylic acids is 1. The van der Waals surface area contributed by atoms with Crippen molar-refractivity contribution in [2.45, 2.75) is 26.7 Å². The number of thiazole rings is 1. The van der Waals surface area contributed by atoms with E-state index in [-0.39, 0.29) is 6.42 Å². The van der Waals surface area contributed by atoms with Crippen molar-refractivity contribution in [2.75, 3.05) is 0 Å². The zero-order valence-electron chi connectivity index (χ0n) is 7.13. The summed E-state index contributed by atoms with van der Waals surface area (Å²) in [6.07, 6.45) is 0.981. The number of hydrogen-bond acceptors (Lipinski definition) is 3. The summed E-state index contributed by atoms with van der Waals surface area (Å²) >= 11 is 1.50. The summed E-state index contributed by atoms with van der Waals surface area (Å²) in [4.78, 5) is 15.7. The van der Waals surface area contributed by atoms with Gasteiger partial charge in [0.2, 0.25) is 0 Å². The van der Waals surface area contributed by atoms with Gasteiger partial charge in [-0.15, -0.1) is 11.3 Å². The second kappa shape index (κ2) is 3.67. The minimum absolute atomic E-state index is 0.0471. The summed E-state index contributed by atoms with van der Waals surface area (Å²) in [6, 6.07) is 0. The van der Waals surface area contributed by atoms with Gasteiger partial charge in [-0.1, -0.05) is 6.92 Å². The highest BCUT2D eigenvalue weighted by atomic mass is 32.1. The maximum atomic E-state index is 10.3. The number of rotatable bonds is 3. The maximum absolute atomic E-state index is 10.3. The van der Waals surface area contributed by atoms with Gasteiger partial charge in [-0.05, 0) is 13.3 Å². The van der Waals surface area contributed by atoms with E-state index in [0.29, 0.717) is 5.01 Å². The predicted molar refractivity (Wildman–Crippen MR) is 47.6 cm³/mol. The molecule has 0 amide bonds. The Balaban J connectivity index is 2.82. The van der Waals surface area contributed by atoms with Crippen LogP contribution < -0.4 is 0 Å². The van der Waals surface area contributed by atoms with Crippen molar-refractivity contribution in [3.63, 3.8) is 0 Å². The van der Waals surface area contributed by atoms with Crippen molar-refractivity contribution in [3.05, 3.63) is 15.6 Å². The molecule has 66 valence electrons. The summed E-state index contributed by atoms with van der Waals surface area (Å²) in [5.74, 6) is -0.814. The molecule has 0 atom stereocenters. The Morgan fingerprint density at radius 1 is 1.67 bits per heavy atom. The number of aryl methyl sites for hydroxylation is 2. The lowest BCUT2D eigenvalue weighted by atomic mass is 10.3. The molecule has 4 heteroatoms. The summed E-state index contributed by atoms with van der Waals surface area (Å²) in [6.45, 7) is 3.96. The zero-order chi connectivity index (χ0) is 9.14. The lowest BCUT2D eigenvalue weighted by Gasteiger charge is -1.86. The number of carbonyl (C=O) groups is 1. The number of aromatic nitrogens is 1. The Hall–Kier alpha value is -0.900. The van der Waals surface area contributed by atoms with E-state index in [1.807, 2.05) is 13.8 Å². The third-order valence-electron chi connectivity index (χ3n) is 1.56.